The lowest BCUT2D eigenvalue weighted by molar-refractivity contribution is -0.129. The van der Waals surface area contributed by atoms with E-state index in [2.05, 4.69) is 16.4 Å². The van der Waals surface area contributed by atoms with E-state index in [1.807, 2.05) is 23.1 Å². The number of halogens is 1. The van der Waals surface area contributed by atoms with Crippen molar-refractivity contribution in [3.63, 3.8) is 0 Å². The highest BCUT2D eigenvalue weighted by atomic mass is 32.2. The number of nitrogens with one attached hydrogen (secondary N) is 1. The molecule has 1 aromatic carbocycles. The molecule has 2 fully saturated rings. The Morgan fingerprint density at radius 3 is 3.00 bits per heavy atom. The van der Waals surface area contributed by atoms with Crippen LogP contribution in [-0.2, 0) is 4.79 Å². The number of alkyl halides is 1. The second kappa shape index (κ2) is 8.11. The third-order valence-corrected chi connectivity index (χ3v) is 6.52. The van der Waals surface area contributed by atoms with E-state index < -0.39 is 11.7 Å². The van der Waals surface area contributed by atoms with Crippen molar-refractivity contribution in [3.05, 3.63) is 36.0 Å². The number of hydrogen-bond donors (Lipinski definition) is 1. The Morgan fingerprint density at radius 1 is 1.43 bits per heavy atom. The maximum Gasteiger partial charge on any atom is 0.252 e. The molecule has 156 valence electrons. The maximum atomic E-state index is 14.2. The first-order valence-corrected chi connectivity index (χ1v) is 10.9. The molecular formula is C21H22FN5O2S. The number of rotatable bonds is 4. The molecule has 0 saturated carbocycles. The van der Waals surface area contributed by atoms with Crippen LogP contribution in [0.3, 0.4) is 0 Å². The Balaban J connectivity index is 1.51. The summed E-state index contributed by atoms with van der Waals surface area (Å²) >= 11 is 1.52. The molecule has 2 atom stereocenters. The van der Waals surface area contributed by atoms with E-state index in [-0.39, 0.29) is 18.4 Å². The summed E-state index contributed by atoms with van der Waals surface area (Å²) in [7, 11) is 0. The van der Waals surface area contributed by atoms with Crippen molar-refractivity contribution >= 4 is 40.2 Å². The van der Waals surface area contributed by atoms with Crippen LogP contribution < -0.4 is 10.2 Å². The summed E-state index contributed by atoms with van der Waals surface area (Å²) in [6.45, 7) is 2.35. The van der Waals surface area contributed by atoms with E-state index in [1.165, 1.54) is 16.7 Å². The van der Waals surface area contributed by atoms with Gasteiger partial charge in [0.1, 0.15) is 11.7 Å². The fourth-order valence-electron chi connectivity index (χ4n) is 3.82. The van der Waals surface area contributed by atoms with Crippen molar-refractivity contribution in [3.8, 4) is 6.07 Å². The highest BCUT2D eigenvalue weighted by molar-refractivity contribution is 7.99. The average Bonchev–Trinajstić information content (AvgIpc) is 3.36. The van der Waals surface area contributed by atoms with Gasteiger partial charge in [-0.1, -0.05) is 0 Å². The number of benzene rings is 1. The summed E-state index contributed by atoms with van der Waals surface area (Å²) in [4.78, 5) is 33.0. The van der Waals surface area contributed by atoms with Crippen molar-refractivity contribution in [2.75, 3.05) is 36.2 Å². The predicted molar refractivity (Wildman–Crippen MR) is 114 cm³/mol. The summed E-state index contributed by atoms with van der Waals surface area (Å²) in [6.07, 6.45) is 2.02. The average molecular weight is 428 g/mol. The quantitative estimate of drug-likeness (QED) is 0.806. The number of nitrogens with zero attached hydrogens (tertiary/aromatic N) is 4. The van der Waals surface area contributed by atoms with Gasteiger partial charge in [0.2, 0.25) is 5.91 Å². The van der Waals surface area contributed by atoms with Crippen LogP contribution in [0.25, 0.3) is 10.9 Å². The fraction of sp³-hybridized carbons (Fsp3) is 0.429. The molecule has 0 unspecified atom stereocenters. The van der Waals surface area contributed by atoms with Crippen LogP contribution in [0.2, 0.25) is 0 Å². The first-order valence-electron chi connectivity index (χ1n) is 9.76. The molecule has 3 heterocycles. The van der Waals surface area contributed by atoms with E-state index in [9.17, 15) is 14.0 Å². The second-order valence-corrected chi connectivity index (χ2v) is 8.84. The molecule has 0 radical (unpaired) electrons. The van der Waals surface area contributed by atoms with Gasteiger partial charge in [-0.15, -0.1) is 11.8 Å². The summed E-state index contributed by atoms with van der Waals surface area (Å²) in [5, 5.41) is 12.4. The normalized spacial score (nSPS) is 23.6. The predicted octanol–water partition coefficient (Wildman–Crippen LogP) is 2.33. The topological polar surface area (TPSA) is 89.3 Å². The molecule has 7 nitrogen and oxygen atoms in total. The van der Waals surface area contributed by atoms with Gasteiger partial charge in [-0.2, -0.15) is 5.26 Å². The lowest BCUT2D eigenvalue weighted by Crippen LogP contribution is -2.42. The number of amides is 2. The molecule has 2 saturated heterocycles. The summed E-state index contributed by atoms with van der Waals surface area (Å²) < 4.78 is 14.2. The SMILES string of the molecule is C[C@@]1(F)CCN(c2ccc3nccc(C(=O)NCC(=O)N4CSC[C@H]4C#N)c3c2)C1. The van der Waals surface area contributed by atoms with Crippen molar-refractivity contribution in [1.82, 2.24) is 15.2 Å². The number of hydrogen-bond acceptors (Lipinski definition) is 6. The zero-order chi connectivity index (χ0) is 21.3. The number of pyridine rings is 1. The molecular weight excluding hydrogens is 405 g/mol. The van der Waals surface area contributed by atoms with Gasteiger partial charge < -0.3 is 15.1 Å². The van der Waals surface area contributed by atoms with Crippen molar-refractivity contribution < 1.29 is 14.0 Å². The highest BCUT2D eigenvalue weighted by Crippen LogP contribution is 2.31. The Labute approximate surface area is 178 Å². The molecule has 0 aliphatic carbocycles. The Morgan fingerprint density at radius 2 is 2.27 bits per heavy atom. The third kappa shape index (κ3) is 4.05. The van der Waals surface area contributed by atoms with Crippen LogP contribution in [0.15, 0.2) is 30.5 Å². The molecule has 2 aromatic rings. The Hall–Kier alpha value is -2.86. The summed E-state index contributed by atoms with van der Waals surface area (Å²) in [5.41, 5.74) is 0.678. The van der Waals surface area contributed by atoms with Crippen molar-refractivity contribution in [2.45, 2.75) is 25.1 Å². The van der Waals surface area contributed by atoms with E-state index in [1.54, 1.807) is 19.2 Å². The lowest BCUT2D eigenvalue weighted by Gasteiger charge is -2.20. The van der Waals surface area contributed by atoms with Gasteiger partial charge in [-0.3, -0.25) is 14.6 Å². The molecule has 30 heavy (non-hydrogen) atoms. The number of carbonyl (C=O) groups excluding carboxylic acids is 2. The van der Waals surface area contributed by atoms with E-state index in [4.69, 9.17) is 5.26 Å². The second-order valence-electron chi connectivity index (χ2n) is 7.84. The molecule has 2 amide bonds. The number of nitriles is 1. The number of thioether (sulfide) groups is 1. The smallest absolute Gasteiger partial charge is 0.252 e. The molecule has 1 aromatic heterocycles. The van der Waals surface area contributed by atoms with Gasteiger partial charge >= 0.3 is 0 Å². The van der Waals surface area contributed by atoms with Crippen LogP contribution in [0.4, 0.5) is 10.1 Å². The minimum Gasteiger partial charge on any atom is -0.368 e. The first-order chi connectivity index (χ1) is 14.4. The number of fused-ring (bicyclic) bond motifs is 1. The molecule has 0 bridgehead atoms. The minimum atomic E-state index is -1.22. The monoisotopic (exact) mass is 427 g/mol. The summed E-state index contributed by atoms with van der Waals surface area (Å²) in [6, 6.07) is 8.82. The van der Waals surface area contributed by atoms with Crippen LogP contribution in [0.1, 0.15) is 23.7 Å². The fourth-order valence-corrected chi connectivity index (χ4v) is 4.93. The van der Waals surface area contributed by atoms with Crippen LogP contribution in [0, 0.1) is 11.3 Å². The van der Waals surface area contributed by atoms with E-state index >= 15 is 0 Å². The van der Waals surface area contributed by atoms with E-state index in [0.29, 0.717) is 47.6 Å². The van der Waals surface area contributed by atoms with Gasteiger partial charge in [0.05, 0.1) is 36.1 Å². The molecule has 9 heteroatoms. The van der Waals surface area contributed by atoms with Crippen LogP contribution in [-0.4, -0.2) is 64.7 Å². The van der Waals surface area contributed by atoms with Crippen LogP contribution >= 0.6 is 11.8 Å². The van der Waals surface area contributed by atoms with E-state index in [0.717, 1.165) is 5.69 Å². The lowest BCUT2D eigenvalue weighted by atomic mass is 10.1. The van der Waals surface area contributed by atoms with Gasteiger partial charge in [-0.25, -0.2) is 4.39 Å². The zero-order valence-electron chi connectivity index (χ0n) is 16.6. The van der Waals surface area contributed by atoms with Gasteiger partial charge in [0, 0.05) is 36.0 Å². The maximum absolute atomic E-state index is 14.2. The standard InChI is InChI=1S/C21H22FN5O2S/c1-21(22)5-7-26(12-21)14-2-3-18-17(8-14)16(4-6-24-18)20(29)25-10-19(28)27-13-30-11-15(27)9-23/h2-4,6,8,15H,5,7,10-13H2,1H3,(H,25,29)/t15-,21-/m1/s1. The minimum absolute atomic E-state index is 0.173. The first kappa shape index (κ1) is 20.4. The highest BCUT2D eigenvalue weighted by Gasteiger charge is 2.34. The number of aromatic nitrogens is 1. The molecule has 2 aliphatic heterocycles. The molecule has 4 rings (SSSR count). The third-order valence-electron chi connectivity index (χ3n) is 5.51. The molecule has 2 aliphatic rings. The van der Waals surface area contributed by atoms with Gasteiger partial charge in [0.15, 0.2) is 0 Å². The zero-order valence-corrected chi connectivity index (χ0v) is 17.4. The van der Waals surface area contributed by atoms with Crippen LogP contribution in [0.5, 0.6) is 0 Å². The van der Waals surface area contributed by atoms with Gasteiger partial charge in [-0.05, 0) is 31.2 Å². The molecule has 1 N–H and O–H groups in total. The Bertz CT molecular complexity index is 1040. The summed E-state index contributed by atoms with van der Waals surface area (Å²) in [5.74, 6) is 0.378. The number of carbonyl (C=O) groups is 2. The molecule has 0 spiro atoms. The number of anilines is 1. The van der Waals surface area contributed by atoms with Crippen molar-refractivity contribution in [2.24, 2.45) is 0 Å². The Kier molecular flexibility index (Phi) is 5.52. The van der Waals surface area contributed by atoms with Crippen molar-refractivity contribution in [1.29, 1.82) is 5.26 Å². The largest absolute Gasteiger partial charge is 0.368 e. The van der Waals surface area contributed by atoms with Gasteiger partial charge in [0.25, 0.3) is 5.91 Å².